The number of hydrogen-bond acceptors (Lipinski definition) is 4. The van der Waals surface area contributed by atoms with Gasteiger partial charge in [-0.3, -0.25) is 4.79 Å². The maximum atomic E-state index is 13.4. The van der Waals surface area contributed by atoms with Crippen LogP contribution in [0.25, 0.3) is 10.8 Å². The Hall–Kier alpha value is -2.29. The molecule has 0 atom stereocenters. The number of rotatable bonds is 5. The number of halogens is 2. The highest BCUT2D eigenvalue weighted by Gasteiger charge is 2.22. The molecule has 2 aromatic carbocycles. The molecule has 3 aromatic rings. The molecule has 4 rings (SSSR count). The van der Waals surface area contributed by atoms with Crippen LogP contribution >= 0.6 is 11.6 Å². The summed E-state index contributed by atoms with van der Waals surface area (Å²) in [5, 5.41) is 5.34. The van der Waals surface area contributed by atoms with Gasteiger partial charge in [-0.1, -0.05) is 42.6 Å². The van der Waals surface area contributed by atoms with E-state index in [0.717, 1.165) is 43.9 Å². The van der Waals surface area contributed by atoms with Crippen molar-refractivity contribution in [2.75, 3.05) is 0 Å². The third-order valence-corrected chi connectivity index (χ3v) is 6.90. The Labute approximate surface area is 172 Å². The average molecular weight is 436 g/mol. The fourth-order valence-corrected chi connectivity index (χ4v) is 4.95. The first-order valence-corrected chi connectivity index (χ1v) is 11.2. The molecule has 0 unspecified atom stereocenters. The van der Waals surface area contributed by atoms with Crippen LogP contribution in [0.2, 0.25) is 5.02 Å². The van der Waals surface area contributed by atoms with Gasteiger partial charge in [0, 0.05) is 5.39 Å². The molecule has 1 aliphatic carbocycles. The summed E-state index contributed by atoms with van der Waals surface area (Å²) in [6.07, 6.45) is 3.84. The molecule has 1 aliphatic rings. The van der Waals surface area contributed by atoms with Crippen molar-refractivity contribution in [2.45, 2.75) is 43.2 Å². The number of sulfonamides is 1. The summed E-state index contributed by atoms with van der Waals surface area (Å²) in [7, 11) is -3.94. The summed E-state index contributed by atoms with van der Waals surface area (Å²) in [5.41, 5.74) is 0.299. The minimum Gasteiger partial charge on any atom is -0.267 e. The summed E-state index contributed by atoms with van der Waals surface area (Å²) in [6.45, 7) is -0.106. The highest BCUT2D eigenvalue weighted by atomic mass is 35.5. The molecule has 1 aromatic heterocycles. The number of aromatic nitrogens is 2. The lowest BCUT2D eigenvalue weighted by Gasteiger charge is -2.16. The molecule has 1 fully saturated rings. The fraction of sp³-hybridized carbons (Fsp3) is 0.300. The minimum atomic E-state index is -3.94. The van der Waals surface area contributed by atoms with Gasteiger partial charge in [0.1, 0.15) is 5.82 Å². The number of benzene rings is 2. The molecule has 1 heterocycles. The lowest BCUT2D eigenvalue weighted by molar-refractivity contribution is 0.441. The van der Waals surface area contributed by atoms with Gasteiger partial charge in [-0.05, 0) is 37.1 Å². The van der Waals surface area contributed by atoms with Crippen molar-refractivity contribution in [3.8, 4) is 0 Å². The van der Waals surface area contributed by atoms with Crippen LogP contribution in [-0.4, -0.2) is 18.2 Å². The Morgan fingerprint density at radius 1 is 1.14 bits per heavy atom. The van der Waals surface area contributed by atoms with Gasteiger partial charge < -0.3 is 0 Å². The van der Waals surface area contributed by atoms with Gasteiger partial charge in [-0.2, -0.15) is 5.10 Å². The standard InChI is InChI=1S/C20H19ClFN3O3S/c21-17-11-14(9-10-18(17)22)29(27,28)23-12-19-15-7-3-4-8-16(15)20(26)25(24-19)13-5-1-2-6-13/h3-4,7-11,13,23H,1-2,5-6,12H2. The van der Waals surface area contributed by atoms with E-state index in [1.807, 2.05) is 0 Å². The summed E-state index contributed by atoms with van der Waals surface area (Å²) in [5.74, 6) is -0.693. The normalized spacial score (nSPS) is 15.2. The molecular weight excluding hydrogens is 417 g/mol. The third kappa shape index (κ3) is 3.92. The molecule has 29 heavy (non-hydrogen) atoms. The van der Waals surface area contributed by atoms with Crippen LogP contribution < -0.4 is 10.3 Å². The molecule has 0 saturated heterocycles. The van der Waals surface area contributed by atoms with Gasteiger partial charge in [-0.15, -0.1) is 0 Å². The molecule has 152 valence electrons. The van der Waals surface area contributed by atoms with Crippen molar-refractivity contribution in [1.29, 1.82) is 0 Å². The smallest absolute Gasteiger partial charge is 0.267 e. The molecule has 6 nitrogen and oxygen atoms in total. The van der Waals surface area contributed by atoms with E-state index < -0.39 is 15.8 Å². The highest BCUT2D eigenvalue weighted by molar-refractivity contribution is 7.89. The maximum absolute atomic E-state index is 13.4. The molecule has 0 radical (unpaired) electrons. The van der Waals surface area contributed by atoms with Gasteiger partial charge in [0.25, 0.3) is 5.56 Å². The molecular formula is C20H19ClFN3O3S. The van der Waals surface area contributed by atoms with E-state index in [9.17, 15) is 17.6 Å². The molecule has 9 heteroatoms. The summed E-state index contributed by atoms with van der Waals surface area (Å²) in [4.78, 5) is 12.7. The Balaban J connectivity index is 1.71. The number of nitrogens with zero attached hydrogens (tertiary/aromatic N) is 2. The van der Waals surface area contributed by atoms with Gasteiger partial charge in [0.2, 0.25) is 10.0 Å². The summed E-state index contributed by atoms with van der Waals surface area (Å²) in [6, 6.07) is 10.3. The number of fused-ring (bicyclic) bond motifs is 1. The quantitative estimate of drug-likeness (QED) is 0.661. The Morgan fingerprint density at radius 3 is 2.52 bits per heavy atom. The zero-order chi connectivity index (χ0) is 20.6. The monoisotopic (exact) mass is 435 g/mol. The van der Waals surface area contributed by atoms with E-state index in [0.29, 0.717) is 16.5 Å². The number of hydrogen-bond donors (Lipinski definition) is 1. The van der Waals surface area contributed by atoms with Crippen LogP contribution in [0.1, 0.15) is 37.4 Å². The zero-order valence-electron chi connectivity index (χ0n) is 15.4. The van der Waals surface area contributed by atoms with Gasteiger partial charge in [0.05, 0.1) is 33.6 Å². The van der Waals surface area contributed by atoms with Crippen molar-refractivity contribution in [3.63, 3.8) is 0 Å². The van der Waals surface area contributed by atoms with Crippen LogP contribution in [0.5, 0.6) is 0 Å². The predicted octanol–water partition coefficient (Wildman–Crippen LogP) is 3.78. The number of nitrogens with one attached hydrogen (secondary N) is 1. The molecule has 0 aliphatic heterocycles. The van der Waals surface area contributed by atoms with Crippen molar-refractivity contribution in [2.24, 2.45) is 0 Å². The van der Waals surface area contributed by atoms with Gasteiger partial charge in [0.15, 0.2) is 0 Å². The second-order valence-corrected chi connectivity index (χ2v) is 9.25. The SMILES string of the molecule is O=c1c2ccccc2c(CNS(=O)(=O)c2ccc(F)c(Cl)c2)nn1C1CCCC1. The maximum Gasteiger partial charge on any atom is 0.274 e. The Morgan fingerprint density at radius 2 is 1.83 bits per heavy atom. The second-order valence-electron chi connectivity index (χ2n) is 7.08. The van der Waals surface area contributed by atoms with E-state index in [1.165, 1.54) is 4.68 Å². The Kier molecular flexibility index (Phi) is 5.42. The molecule has 1 saturated carbocycles. The summed E-state index contributed by atoms with van der Waals surface area (Å²) < 4.78 is 42.6. The third-order valence-electron chi connectivity index (χ3n) is 5.21. The van der Waals surface area contributed by atoms with Crippen molar-refractivity contribution < 1.29 is 12.8 Å². The fourth-order valence-electron chi connectivity index (χ4n) is 3.69. The largest absolute Gasteiger partial charge is 0.274 e. The van der Waals surface area contributed by atoms with Gasteiger partial charge in [-0.25, -0.2) is 22.2 Å². The van der Waals surface area contributed by atoms with Crippen LogP contribution in [0.3, 0.4) is 0 Å². The average Bonchev–Trinajstić information content (AvgIpc) is 3.24. The van der Waals surface area contributed by atoms with E-state index >= 15 is 0 Å². The van der Waals surface area contributed by atoms with Crippen molar-refractivity contribution >= 4 is 32.4 Å². The minimum absolute atomic E-state index is 0.0263. The second kappa shape index (κ2) is 7.85. The van der Waals surface area contributed by atoms with E-state index in [-0.39, 0.29) is 28.1 Å². The van der Waals surface area contributed by atoms with E-state index in [2.05, 4.69) is 9.82 Å². The van der Waals surface area contributed by atoms with Crippen molar-refractivity contribution in [3.05, 3.63) is 69.4 Å². The highest BCUT2D eigenvalue weighted by Crippen LogP contribution is 2.28. The first-order valence-electron chi connectivity index (χ1n) is 9.32. The van der Waals surface area contributed by atoms with Crippen LogP contribution in [0.4, 0.5) is 4.39 Å². The van der Waals surface area contributed by atoms with Gasteiger partial charge >= 0.3 is 0 Å². The Bertz CT molecular complexity index is 1240. The first kappa shape index (κ1) is 20.0. The molecule has 1 N–H and O–H groups in total. The lowest BCUT2D eigenvalue weighted by atomic mass is 10.1. The zero-order valence-corrected chi connectivity index (χ0v) is 17.0. The van der Waals surface area contributed by atoms with Crippen molar-refractivity contribution in [1.82, 2.24) is 14.5 Å². The van der Waals surface area contributed by atoms with E-state index in [4.69, 9.17) is 11.6 Å². The first-order chi connectivity index (χ1) is 13.9. The van der Waals surface area contributed by atoms with Crippen LogP contribution in [0.15, 0.2) is 52.2 Å². The van der Waals surface area contributed by atoms with Crippen LogP contribution in [-0.2, 0) is 16.6 Å². The molecule has 0 bridgehead atoms. The lowest BCUT2D eigenvalue weighted by Crippen LogP contribution is -2.30. The topological polar surface area (TPSA) is 81.1 Å². The molecule has 0 amide bonds. The van der Waals surface area contributed by atoms with Crippen LogP contribution in [0, 0.1) is 5.82 Å². The predicted molar refractivity (Wildman–Crippen MR) is 109 cm³/mol. The van der Waals surface area contributed by atoms with E-state index in [1.54, 1.807) is 24.3 Å². The molecule has 0 spiro atoms. The summed E-state index contributed by atoms with van der Waals surface area (Å²) >= 11 is 5.71.